The number of para-hydroxylation sites is 1. The van der Waals surface area contributed by atoms with Crippen LogP contribution in [0.3, 0.4) is 0 Å². The molecule has 0 radical (unpaired) electrons. The minimum Gasteiger partial charge on any atom is -0.494 e. The van der Waals surface area contributed by atoms with E-state index in [1.807, 2.05) is 19.1 Å². The molecule has 0 fully saturated rings. The van der Waals surface area contributed by atoms with Crippen molar-refractivity contribution in [3.63, 3.8) is 0 Å². The number of carbonyl (C=O) groups excluding carboxylic acids is 1. The van der Waals surface area contributed by atoms with Crippen LogP contribution in [-0.4, -0.2) is 30.1 Å². The number of aliphatic carboxylic acids is 1. The topological polar surface area (TPSA) is 66.8 Å². The molecule has 124 valence electrons. The highest BCUT2D eigenvalue weighted by molar-refractivity contribution is 6.08. The van der Waals surface area contributed by atoms with Crippen molar-refractivity contribution in [3.05, 3.63) is 59.7 Å². The Kier molecular flexibility index (Phi) is 4.51. The molecule has 0 saturated heterocycles. The summed E-state index contributed by atoms with van der Waals surface area (Å²) in [5, 5.41) is 9.41. The van der Waals surface area contributed by atoms with Crippen LogP contribution in [0.1, 0.15) is 35.2 Å². The number of hydrogen-bond acceptors (Lipinski definition) is 3. The van der Waals surface area contributed by atoms with E-state index >= 15 is 0 Å². The number of amides is 1. The van der Waals surface area contributed by atoms with Gasteiger partial charge in [0.05, 0.1) is 6.61 Å². The molecule has 1 aliphatic rings. The van der Waals surface area contributed by atoms with Crippen molar-refractivity contribution < 1.29 is 19.4 Å². The van der Waals surface area contributed by atoms with Gasteiger partial charge >= 0.3 is 5.97 Å². The van der Waals surface area contributed by atoms with Crippen molar-refractivity contribution in [2.45, 2.75) is 19.3 Å². The lowest BCUT2D eigenvalue weighted by atomic mass is 10.0. The predicted molar refractivity (Wildman–Crippen MR) is 90.7 cm³/mol. The third kappa shape index (κ3) is 2.97. The van der Waals surface area contributed by atoms with Gasteiger partial charge in [0.2, 0.25) is 0 Å². The number of anilines is 1. The summed E-state index contributed by atoms with van der Waals surface area (Å²) in [5.41, 5.74) is 1.83. The first-order valence-corrected chi connectivity index (χ1v) is 7.98. The van der Waals surface area contributed by atoms with Gasteiger partial charge in [0.1, 0.15) is 11.7 Å². The molecule has 5 heteroatoms. The van der Waals surface area contributed by atoms with E-state index in [-0.39, 0.29) is 12.5 Å². The number of ether oxygens (including phenoxy) is 1. The van der Waals surface area contributed by atoms with E-state index in [2.05, 4.69) is 0 Å². The monoisotopic (exact) mass is 325 g/mol. The van der Waals surface area contributed by atoms with Gasteiger partial charge < -0.3 is 14.7 Å². The number of fused-ring (bicyclic) bond motifs is 1. The minimum absolute atomic E-state index is 0.146. The van der Waals surface area contributed by atoms with Gasteiger partial charge in [-0.05, 0) is 36.2 Å². The van der Waals surface area contributed by atoms with Gasteiger partial charge in [-0.15, -0.1) is 0 Å². The fourth-order valence-electron chi connectivity index (χ4n) is 2.91. The molecule has 0 aliphatic carbocycles. The molecule has 0 saturated carbocycles. The minimum atomic E-state index is -0.919. The lowest BCUT2D eigenvalue weighted by molar-refractivity contribution is -0.138. The van der Waals surface area contributed by atoms with Gasteiger partial charge in [-0.25, -0.2) is 0 Å². The largest absolute Gasteiger partial charge is 0.494 e. The molecule has 0 bridgehead atoms. The Morgan fingerprint density at radius 3 is 2.75 bits per heavy atom. The highest BCUT2D eigenvalue weighted by Gasteiger charge is 2.36. The Labute approximate surface area is 140 Å². The zero-order valence-electron chi connectivity index (χ0n) is 13.4. The molecule has 0 spiro atoms. The third-order valence-electron chi connectivity index (χ3n) is 4.07. The summed E-state index contributed by atoms with van der Waals surface area (Å²) in [6.07, 6.45) is 0.887. The fourth-order valence-corrected chi connectivity index (χ4v) is 2.91. The molecule has 1 aliphatic heterocycles. The molecule has 2 aromatic carbocycles. The zero-order chi connectivity index (χ0) is 17.1. The summed E-state index contributed by atoms with van der Waals surface area (Å²) in [7, 11) is 0. The van der Waals surface area contributed by atoms with E-state index in [0.29, 0.717) is 29.2 Å². The van der Waals surface area contributed by atoms with Gasteiger partial charge in [-0.2, -0.15) is 0 Å². The van der Waals surface area contributed by atoms with Crippen molar-refractivity contribution >= 4 is 17.6 Å². The smallest absolute Gasteiger partial charge is 0.312 e. The van der Waals surface area contributed by atoms with Crippen LogP contribution in [0.15, 0.2) is 48.5 Å². The maximum atomic E-state index is 12.9. The maximum absolute atomic E-state index is 12.9. The Balaban J connectivity index is 1.90. The van der Waals surface area contributed by atoms with Crippen molar-refractivity contribution in [1.29, 1.82) is 0 Å². The van der Waals surface area contributed by atoms with Crippen LogP contribution in [-0.2, 0) is 4.79 Å². The number of hydrogen-bond donors (Lipinski definition) is 1. The van der Waals surface area contributed by atoms with Crippen LogP contribution >= 0.6 is 0 Å². The van der Waals surface area contributed by atoms with E-state index in [0.717, 1.165) is 6.42 Å². The number of rotatable bonds is 5. The van der Waals surface area contributed by atoms with E-state index < -0.39 is 11.9 Å². The van der Waals surface area contributed by atoms with Crippen LogP contribution in [0.2, 0.25) is 0 Å². The number of carbonyl (C=O) groups is 2. The summed E-state index contributed by atoms with van der Waals surface area (Å²) in [5.74, 6) is -1.18. The molecule has 1 amide bonds. The second-order valence-electron chi connectivity index (χ2n) is 5.74. The highest BCUT2D eigenvalue weighted by atomic mass is 16.5. The lowest BCUT2D eigenvalue weighted by Gasteiger charge is -2.18. The summed E-state index contributed by atoms with van der Waals surface area (Å²) >= 11 is 0. The number of benzene rings is 2. The summed E-state index contributed by atoms with van der Waals surface area (Å²) < 4.78 is 5.57. The second-order valence-corrected chi connectivity index (χ2v) is 5.74. The molecular weight excluding hydrogens is 306 g/mol. The molecule has 2 aromatic rings. The van der Waals surface area contributed by atoms with Crippen molar-refractivity contribution in [3.8, 4) is 5.75 Å². The molecule has 0 aromatic heterocycles. The van der Waals surface area contributed by atoms with Crippen LogP contribution in [0.5, 0.6) is 5.75 Å². The average Bonchev–Trinajstić information content (AvgIpc) is 2.99. The second kappa shape index (κ2) is 6.74. The molecule has 1 heterocycles. The SMILES string of the molecule is CCCOc1cccc(C(=O)N2CC(C(=O)O)c3ccccc32)c1. The third-order valence-corrected chi connectivity index (χ3v) is 4.07. The standard InChI is InChI=1S/C19H19NO4/c1-2-10-24-14-7-5-6-13(11-14)18(21)20-12-16(19(22)23)15-8-3-4-9-17(15)20/h3-9,11,16H,2,10,12H2,1H3,(H,22,23). The quantitative estimate of drug-likeness (QED) is 0.916. The van der Waals surface area contributed by atoms with Crippen LogP contribution < -0.4 is 9.64 Å². The van der Waals surface area contributed by atoms with Gasteiger partial charge in [-0.3, -0.25) is 9.59 Å². The van der Waals surface area contributed by atoms with E-state index in [1.165, 1.54) is 4.90 Å². The highest BCUT2D eigenvalue weighted by Crippen LogP contribution is 2.37. The Hall–Kier alpha value is -2.82. The number of nitrogens with zero attached hydrogens (tertiary/aromatic N) is 1. The number of carboxylic acid groups (broad SMARTS) is 1. The lowest BCUT2D eigenvalue weighted by Crippen LogP contribution is -2.31. The Bertz CT molecular complexity index is 771. The van der Waals surface area contributed by atoms with Crippen molar-refractivity contribution in [2.75, 3.05) is 18.1 Å². The van der Waals surface area contributed by atoms with E-state index in [4.69, 9.17) is 4.74 Å². The van der Waals surface area contributed by atoms with E-state index in [1.54, 1.807) is 36.4 Å². The van der Waals surface area contributed by atoms with Crippen LogP contribution in [0.4, 0.5) is 5.69 Å². The predicted octanol–water partition coefficient (Wildman–Crippen LogP) is 3.30. The zero-order valence-corrected chi connectivity index (χ0v) is 13.4. The molecular formula is C19H19NO4. The molecule has 1 atom stereocenters. The van der Waals surface area contributed by atoms with Crippen LogP contribution in [0.25, 0.3) is 0 Å². The van der Waals surface area contributed by atoms with Gasteiger partial charge in [0.25, 0.3) is 5.91 Å². The number of carboxylic acids is 1. The molecule has 1 N–H and O–H groups in total. The summed E-state index contributed by atoms with van der Waals surface area (Å²) in [6.45, 7) is 2.75. The maximum Gasteiger partial charge on any atom is 0.312 e. The summed E-state index contributed by atoms with van der Waals surface area (Å²) in [4.78, 5) is 25.9. The normalized spacial score (nSPS) is 15.9. The molecule has 24 heavy (non-hydrogen) atoms. The average molecular weight is 325 g/mol. The van der Waals surface area contributed by atoms with Gasteiger partial charge in [-0.1, -0.05) is 31.2 Å². The Morgan fingerprint density at radius 2 is 2.00 bits per heavy atom. The van der Waals surface area contributed by atoms with Gasteiger partial charge in [0.15, 0.2) is 0 Å². The van der Waals surface area contributed by atoms with E-state index in [9.17, 15) is 14.7 Å². The first-order chi connectivity index (χ1) is 11.6. The van der Waals surface area contributed by atoms with Crippen molar-refractivity contribution in [1.82, 2.24) is 0 Å². The Morgan fingerprint density at radius 1 is 1.21 bits per heavy atom. The first kappa shape index (κ1) is 16.1. The fraction of sp³-hybridized carbons (Fsp3) is 0.263. The molecule has 5 nitrogen and oxygen atoms in total. The molecule has 3 rings (SSSR count). The summed E-state index contributed by atoms with van der Waals surface area (Å²) in [6, 6.07) is 14.2. The van der Waals surface area contributed by atoms with Gasteiger partial charge in [0, 0.05) is 17.8 Å². The first-order valence-electron chi connectivity index (χ1n) is 7.98. The van der Waals surface area contributed by atoms with Crippen molar-refractivity contribution in [2.24, 2.45) is 0 Å². The molecule has 1 unspecified atom stereocenters. The van der Waals surface area contributed by atoms with Crippen LogP contribution in [0, 0.1) is 0 Å².